The lowest BCUT2D eigenvalue weighted by Crippen LogP contribution is -2.39. The molecule has 0 bridgehead atoms. The summed E-state index contributed by atoms with van der Waals surface area (Å²) in [4.78, 5) is 2.11. The van der Waals surface area contributed by atoms with Gasteiger partial charge in [-0.05, 0) is 59.4 Å². The maximum absolute atomic E-state index is 12.1. The van der Waals surface area contributed by atoms with Gasteiger partial charge in [0, 0.05) is 18.7 Å². The van der Waals surface area contributed by atoms with E-state index < -0.39 is 16.0 Å². The van der Waals surface area contributed by atoms with Crippen LogP contribution in [0.5, 0.6) is 5.75 Å². The van der Waals surface area contributed by atoms with Crippen molar-refractivity contribution in [3.8, 4) is 28.0 Å². The van der Waals surface area contributed by atoms with Crippen molar-refractivity contribution in [1.82, 2.24) is 0 Å². The van der Waals surface area contributed by atoms with Crippen molar-refractivity contribution in [3.05, 3.63) is 120 Å². The normalized spacial score (nSPS) is 14.4. The summed E-state index contributed by atoms with van der Waals surface area (Å²) in [7, 11) is -4.35. The third kappa shape index (κ3) is 5.59. The van der Waals surface area contributed by atoms with Crippen LogP contribution >= 0.6 is 0 Å². The molecule has 0 amide bonds. The zero-order valence-electron chi connectivity index (χ0n) is 23.4. The van der Waals surface area contributed by atoms with Crippen LogP contribution in [0.3, 0.4) is 0 Å². The van der Waals surface area contributed by atoms with Gasteiger partial charge in [0.05, 0.1) is 11.8 Å². The Bertz CT molecular complexity index is 1930. The Kier molecular flexibility index (Phi) is 7.41. The molecule has 1 aliphatic heterocycles. The fourth-order valence-electron chi connectivity index (χ4n) is 5.22. The molecule has 2 heterocycles. The van der Waals surface area contributed by atoms with Gasteiger partial charge >= 0.3 is 16.0 Å². The van der Waals surface area contributed by atoms with Crippen molar-refractivity contribution < 1.29 is 26.7 Å². The van der Waals surface area contributed by atoms with Crippen molar-refractivity contribution in [3.63, 3.8) is 0 Å². The number of allylic oxidation sites excluding steroid dienone is 2. The van der Waals surface area contributed by atoms with Crippen LogP contribution in [0, 0.1) is 0 Å². The maximum Gasteiger partial charge on any atom is 0.375 e. The number of hydrogen-bond acceptors (Lipinski definition) is 5. The number of benzene rings is 4. The topological polar surface area (TPSA) is 83.9 Å². The SMILES string of the molecule is CCC(=C/c1oc2ccc(-c3ccccc3)cc2[n+]1CS(=O)(=O)O)/C=C1/Oc2ccc(-c3ccccc3)cc2N1CC. The van der Waals surface area contributed by atoms with E-state index in [1.807, 2.05) is 85.8 Å². The minimum absolute atomic E-state index is 0.312. The molecule has 7 nitrogen and oxygen atoms in total. The van der Waals surface area contributed by atoms with Crippen molar-refractivity contribution in [1.29, 1.82) is 0 Å². The molecule has 0 fully saturated rings. The van der Waals surface area contributed by atoms with Crippen LogP contribution in [-0.2, 0) is 16.0 Å². The van der Waals surface area contributed by atoms with E-state index >= 15 is 0 Å². The zero-order chi connectivity index (χ0) is 29.3. The maximum atomic E-state index is 12.1. The van der Waals surface area contributed by atoms with E-state index in [1.165, 1.54) is 4.57 Å². The van der Waals surface area contributed by atoms with Crippen molar-refractivity contribution in [2.75, 3.05) is 11.4 Å². The summed E-state index contributed by atoms with van der Waals surface area (Å²) >= 11 is 0. The van der Waals surface area contributed by atoms with Crippen molar-refractivity contribution in [2.45, 2.75) is 26.1 Å². The first kappa shape index (κ1) is 27.5. The minimum Gasteiger partial charge on any atom is -0.439 e. The second-order valence-electron chi connectivity index (χ2n) is 10.1. The first-order valence-corrected chi connectivity index (χ1v) is 15.5. The Morgan fingerprint density at radius 2 is 1.50 bits per heavy atom. The van der Waals surface area contributed by atoms with Crippen LogP contribution in [0.4, 0.5) is 5.69 Å². The number of aromatic nitrogens is 1. The quantitative estimate of drug-likeness (QED) is 0.152. The summed E-state index contributed by atoms with van der Waals surface area (Å²) in [5.74, 6) is 1.13. The number of nitrogens with zero attached hydrogens (tertiary/aromatic N) is 2. The van der Waals surface area contributed by atoms with E-state index in [0.29, 0.717) is 35.8 Å². The average molecular weight is 580 g/mol. The van der Waals surface area contributed by atoms with E-state index in [1.54, 1.807) is 6.08 Å². The van der Waals surface area contributed by atoms with Crippen LogP contribution in [0.25, 0.3) is 39.4 Å². The molecule has 4 aromatic carbocycles. The van der Waals surface area contributed by atoms with Gasteiger partial charge in [-0.2, -0.15) is 8.42 Å². The van der Waals surface area contributed by atoms with E-state index in [9.17, 15) is 13.0 Å². The number of ether oxygens (including phenoxy) is 1. The van der Waals surface area contributed by atoms with Gasteiger partial charge in [-0.25, -0.2) is 0 Å². The van der Waals surface area contributed by atoms with Gasteiger partial charge in [-0.1, -0.05) is 79.7 Å². The molecule has 0 radical (unpaired) electrons. The third-order valence-electron chi connectivity index (χ3n) is 7.31. The molecule has 0 aliphatic carbocycles. The average Bonchev–Trinajstić information content (AvgIpc) is 3.52. The van der Waals surface area contributed by atoms with Crippen LogP contribution < -0.4 is 14.2 Å². The Hall–Kier alpha value is -4.66. The lowest BCUT2D eigenvalue weighted by atomic mass is 10.0. The van der Waals surface area contributed by atoms with Gasteiger partial charge in [-0.3, -0.25) is 4.55 Å². The van der Waals surface area contributed by atoms with Gasteiger partial charge < -0.3 is 14.1 Å². The highest BCUT2D eigenvalue weighted by Crippen LogP contribution is 2.42. The summed E-state index contributed by atoms with van der Waals surface area (Å²) in [6, 6.07) is 31.8. The molecular formula is C34H31N2O5S+. The lowest BCUT2D eigenvalue weighted by molar-refractivity contribution is -0.658. The first-order valence-electron chi connectivity index (χ1n) is 13.9. The summed E-state index contributed by atoms with van der Waals surface area (Å²) < 4.78 is 47.8. The fraction of sp³-hybridized carbons (Fsp3) is 0.147. The number of oxazole rings is 1. The molecule has 1 aromatic heterocycles. The summed E-state index contributed by atoms with van der Waals surface area (Å²) in [6.07, 6.45) is 4.39. The number of anilines is 1. The van der Waals surface area contributed by atoms with Crippen LogP contribution in [-0.4, -0.2) is 19.5 Å². The molecule has 212 valence electrons. The Morgan fingerprint density at radius 1 is 0.857 bits per heavy atom. The van der Waals surface area contributed by atoms with Crippen molar-refractivity contribution >= 4 is 33.0 Å². The van der Waals surface area contributed by atoms with Gasteiger partial charge in [-0.15, -0.1) is 4.57 Å². The molecule has 0 spiro atoms. The predicted molar refractivity (Wildman–Crippen MR) is 165 cm³/mol. The monoisotopic (exact) mass is 579 g/mol. The highest BCUT2D eigenvalue weighted by Gasteiger charge is 2.28. The van der Waals surface area contributed by atoms with E-state index in [4.69, 9.17) is 9.15 Å². The molecule has 0 atom stereocenters. The second kappa shape index (κ2) is 11.3. The predicted octanol–water partition coefficient (Wildman–Crippen LogP) is 7.45. The standard InChI is InChI=1S/C34H30N2O5S/c1-3-24(19-33-35(4-2)29-21-27(15-17-31(29)40-33)25-11-7-5-8-12-25)20-34-36(23-42(37,38)39)30-22-28(16-18-32(30)41-34)26-13-9-6-10-14-26/h5-22H,3-4,23H2,1-2H3/p+1. The van der Waals surface area contributed by atoms with Gasteiger partial charge in [0.15, 0.2) is 5.75 Å². The largest absolute Gasteiger partial charge is 0.439 e. The van der Waals surface area contributed by atoms with Gasteiger partial charge in [0.2, 0.25) is 11.5 Å². The third-order valence-corrected chi connectivity index (χ3v) is 7.89. The molecule has 5 aromatic rings. The first-order chi connectivity index (χ1) is 20.3. The Balaban J connectivity index is 1.40. The lowest BCUT2D eigenvalue weighted by Gasteiger charge is -2.16. The molecule has 6 rings (SSSR count). The van der Waals surface area contributed by atoms with E-state index in [-0.39, 0.29) is 0 Å². The van der Waals surface area contributed by atoms with Crippen LogP contribution in [0.1, 0.15) is 26.2 Å². The molecule has 0 saturated heterocycles. The number of rotatable bonds is 8. The molecule has 42 heavy (non-hydrogen) atoms. The van der Waals surface area contributed by atoms with Crippen LogP contribution in [0.2, 0.25) is 0 Å². The van der Waals surface area contributed by atoms with Gasteiger partial charge in [0.25, 0.3) is 11.4 Å². The van der Waals surface area contributed by atoms with E-state index in [2.05, 4.69) is 36.1 Å². The molecular weight excluding hydrogens is 548 g/mol. The molecule has 8 heteroatoms. The van der Waals surface area contributed by atoms with Crippen molar-refractivity contribution in [2.24, 2.45) is 0 Å². The second-order valence-corrected chi connectivity index (χ2v) is 11.5. The number of hydrogen-bond donors (Lipinski definition) is 1. The smallest absolute Gasteiger partial charge is 0.375 e. The molecule has 0 saturated carbocycles. The Morgan fingerprint density at radius 3 is 2.12 bits per heavy atom. The molecule has 1 aliphatic rings. The number of fused-ring (bicyclic) bond motifs is 2. The summed E-state index contributed by atoms with van der Waals surface area (Å²) in [6.45, 7) is 4.78. The summed E-state index contributed by atoms with van der Waals surface area (Å²) in [5, 5.41) is 0. The zero-order valence-corrected chi connectivity index (χ0v) is 24.2. The summed E-state index contributed by atoms with van der Waals surface area (Å²) in [5.41, 5.74) is 7.07. The fourth-order valence-corrected chi connectivity index (χ4v) is 5.82. The molecule has 0 unspecified atom stereocenters. The highest BCUT2D eigenvalue weighted by atomic mass is 32.2. The minimum atomic E-state index is -4.35. The highest BCUT2D eigenvalue weighted by molar-refractivity contribution is 7.84. The molecule has 1 N–H and O–H groups in total. The van der Waals surface area contributed by atoms with Gasteiger partial charge in [0.1, 0.15) is 0 Å². The van der Waals surface area contributed by atoms with E-state index in [0.717, 1.165) is 39.3 Å². The Labute approximate surface area is 245 Å². The van der Waals surface area contributed by atoms with Crippen LogP contribution in [0.15, 0.2) is 119 Å².